The van der Waals surface area contributed by atoms with Gasteiger partial charge in [0.15, 0.2) is 0 Å². The highest BCUT2D eigenvalue weighted by molar-refractivity contribution is 7.98. The summed E-state index contributed by atoms with van der Waals surface area (Å²) in [5.41, 5.74) is 0.302. The summed E-state index contributed by atoms with van der Waals surface area (Å²) in [7, 11) is -2.07. The van der Waals surface area contributed by atoms with Crippen LogP contribution in [-0.2, 0) is 19.5 Å². The van der Waals surface area contributed by atoms with E-state index in [2.05, 4.69) is 5.32 Å². The van der Waals surface area contributed by atoms with Gasteiger partial charge in [0.2, 0.25) is 10.0 Å². The summed E-state index contributed by atoms with van der Waals surface area (Å²) in [6, 6.07) is 6.07. The van der Waals surface area contributed by atoms with Crippen molar-refractivity contribution in [2.24, 2.45) is 0 Å². The van der Waals surface area contributed by atoms with Crippen LogP contribution in [0.15, 0.2) is 29.2 Å². The molecule has 0 bridgehead atoms. The molecular formula is C16H24N2O5S2. The molecule has 25 heavy (non-hydrogen) atoms. The molecule has 1 aliphatic rings. The third-order valence-electron chi connectivity index (χ3n) is 3.79. The van der Waals surface area contributed by atoms with Crippen molar-refractivity contribution >= 4 is 27.7 Å². The number of hydrogen-bond donors (Lipinski definition) is 1. The first-order valence-corrected chi connectivity index (χ1v) is 10.8. The summed E-state index contributed by atoms with van der Waals surface area (Å²) in [4.78, 5) is 12.4. The Hall–Kier alpha value is -1.13. The molecule has 9 heteroatoms. The minimum atomic E-state index is -3.61. The first kappa shape index (κ1) is 20.2. The van der Waals surface area contributed by atoms with Gasteiger partial charge in [-0.25, -0.2) is 12.7 Å². The van der Waals surface area contributed by atoms with Gasteiger partial charge in [-0.2, -0.15) is 11.8 Å². The molecule has 1 aromatic rings. The summed E-state index contributed by atoms with van der Waals surface area (Å²) in [6.07, 6.45) is 1.74. The topological polar surface area (TPSA) is 84.9 Å². The number of ether oxygens (including phenoxy) is 2. The third kappa shape index (κ3) is 5.68. The van der Waals surface area contributed by atoms with Crippen molar-refractivity contribution in [1.82, 2.24) is 9.62 Å². The number of carbonyl (C=O) groups excluding carboxylic acids is 1. The van der Waals surface area contributed by atoms with Crippen molar-refractivity contribution in [1.29, 1.82) is 0 Å². The van der Waals surface area contributed by atoms with Gasteiger partial charge < -0.3 is 14.8 Å². The molecule has 1 aliphatic heterocycles. The van der Waals surface area contributed by atoms with Gasteiger partial charge in [-0.05, 0) is 24.5 Å². The van der Waals surface area contributed by atoms with Gasteiger partial charge in [-0.15, -0.1) is 0 Å². The van der Waals surface area contributed by atoms with Crippen molar-refractivity contribution in [2.75, 3.05) is 52.0 Å². The van der Waals surface area contributed by atoms with Crippen LogP contribution in [0, 0.1) is 0 Å². The lowest BCUT2D eigenvalue weighted by atomic mass is 10.2. The number of thioether (sulfide) groups is 1. The fraction of sp³-hybridized carbons (Fsp3) is 0.562. The van der Waals surface area contributed by atoms with Crippen molar-refractivity contribution in [3.63, 3.8) is 0 Å². The van der Waals surface area contributed by atoms with Crippen LogP contribution >= 0.6 is 11.8 Å². The predicted octanol–water partition coefficient (Wildman–Crippen LogP) is 0.815. The fourth-order valence-corrected chi connectivity index (χ4v) is 4.07. The Labute approximate surface area is 153 Å². The first-order chi connectivity index (χ1) is 11.9. The van der Waals surface area contributed by atoms with Crippen LogP contribution in [0.1, 0.15) is 10.4 Å². The van der Waals surface area contributed by atoms with E-state index >= 15 is 0 Å². The lowest BCUT2D eigenvalue weighted by Gasteiger charge is -2.23. The minimum absolute atomic E-state index is 0.112. The average Bonchev–Trinajstić information content (AvgIpc) is 2.65. The summed E-state index contributed by atoms with van der Waals surface area (Å²) < 4.78 is 37.2. The van der Waals surface area contributed by atoms with Crippen LogP contribution in [0.2, 0.25) is 0 Å². The summed E-state index contributed by atoms with van der Waals surface area (Å²) in [5.74, 6) is 0.373. The molecule has 0 saturated carbocycles. The molecule has 0 aromatic heterocycles. The van der Waals surface area contributed by atoms with Crippen LogP contribution in [0.3, 0.4) is 0 Å². The van der Waals surface area contributed by atoms with E-state index in [9.17, 15) is 13.2 Å². The quantitative estimate of drug-likeness (QED) is 0.710. The van der Waals surface area contributed by atoms with Crippen LogP contribution in [0.5, 0.6) is 0 Å². The van der Waals surface area contributed by atoms with Gasteiger partial charge in [-0.1, -0.05) is 6.07 Å². The Morgan fingerprint density at radius 1 is 1.40 bits per heavy atom. The summed E-state index contributed by atoms with van der Waals surface area (Å²) in [6.45, 7) is 2.25. The summed E-state index contributed by atoms with van der Waals surface area (Å²) >= 11 is 1.58. The van der Waals surface area contributed by atoms with Crippen molar-refractivity contribution in [3.05, 3.63) is 29.8 Å². The van der Waals surface area contributed by atoms with Gasteiger partial charge in [0, 0.05) is 31.5 Å². The zero-order valence-corrected chi connectivity index (χ0v) is 16.1. The molecule has 0 aliphatic carbocycles. The number of benzene rings is 1. The van der Waals surface area contributed by atoms with Crippen LogP contribution in [0.25, 0.3) is 0 Å². The van der Waals surface area contributed by atoms with Gasteiger partial charge in [-0.3, -0.25) is 4.79 Å². The van der Waals surface area contributed by atoms with E-state index in [0.29, 0.717) is 44.2 Å². The molecule has 0 spiro atoms. The average molecular weight is 389 g/mol. The fourth-order valence-electron chi connectivity index (χ4n) is 2.28. The molecule has 1 aromatic carbocycles. The Balaban J connectivity index is 2.02. The molecule has 1 unspecified atom stereocenters. The number of nitrogens with one attached hydrogen (secondary N) is 1. The molecule has 1 saturated heterocycles. The molecule has 140 valence electrons. The van der Waals surface area contributed by atoms with E-state index < -0.39 is 10.0 Å². The maximum absolute atomic E-state index is 12.6. The Kier molecular flexibility index (Phi) is 7.70. The monoisotopic (exact) mass is 388 g/mol. The number of hydrogen-bond acceptors (Lipinski definition) is 6. The third-order valence-corrected chi connectivity index (χ3v) is 6.23. The Morgan fingerprint density at radius 3 is 2.88 bits per heavy atom. The van der Waals surface area contributed by atoms with Crippen molar-refractivity contribution < 1.29 is 22.7 Å². The number of rotatable bonds is 8. The van der Waals surface area contributed by atoms with Crippen LogP contribution < -0.4 is 5.32 Å². The Morgan fingerprint density at radius 2 is 2.20 bits per heavy atom. The van der Waals surface area contributed by atoms with Crippen molar-refractivity contribution in [2.45, 2.75) is 11.0 Å². The number of nitrogens with zero attached hydrogens (tertiary/aromatic N) is 1. The molecule has 0 radical (unpaired) electrons. The zero-order chi connectivity index (χ0) is 18.3. The predicted molar refractivity (Wildman–Crippen MR) is 97.5 cm³/mol. The second-order valence-corrected chi connectivity index (χ2v) is 8.66. The lowest BCUT2D eigenvalue weighted by Crippen LogP contribution is -2.39. The van der Waals surface area contributed by atoms with Gasteiger partial charge in [0.1, 0.15) is 0 Å². The van der Waals surface area contributed by atoms with E-state index in [1.807, 2.05) is 6.26 Å². The minimum Gasteiger partial charge on any atom is -0.376 e. The van der Waals surface area contributed by atoms with Gasteiger partial charge in [0.25, 0.3) is 5.91 Å². The van der Waals surface area contributed by atoms with Gasteiger partial charge >= 0.3 is 0 Å². The van der Waals surface area contributed by atoms with E-state index in [0.717, 1.165) is 0 Å². The van der Waals surface area contributed by atoms with E-state index in [1.54, 1.807) is 30.9 Å². The summed E-state index contributed by atoms with van der Waals surface area (Å²) in [5, 5.41) is 2.76. The molecule has 1 heterocycles. The second kappa shape index (κ2) is 9.54. The SMILES string of the molecule is CSCCN(C)S(=O)(=O)c1cccc(C(=O)NCC2COCCO2)c1. The highest BCUT2D eigenvalue weighted by atomic mass is 32.2. The van der Waals surface area contributed by atoms with Gasteiger partial charge in [0.05, 0.1) is 30.8 Å². The molecular weight excluding hydrogens is 364 g/mol. The second-order valence-electron chi connectivity index (χ2n) is 5.62. The standard InChI is InChI=1S/C16H24N2O5S2/c1-18(6-9-24-2)25(20,21)15-5-3-4-13(10-15)16(19)17-11-14-12-22-7-8-23-14/h3-5,10,14H,6-9,11-12H2,1-2H3,(H,17,19). The maximum Gasteiger partial charge on any atom is 0.251 e. The lowest BCUT2D eigenvalue weighted by molar-refractivity contribution is -0.0855. The highest BCUT2D eigenvalue weighted by Gasteiger charge is 2.22. The van der Waals surface area contributed by atoms with E-state index in [-0.39, 0.29) is 16.9 Å². The number of amides is 1. The van der Waals surface area contributed by atoms with Crippen molar-refractivity contribution in [3.8, 4) is 0 Å². The molecule has 1 amide bonds. The molecule has 1 atom stereocenters. The number of sulfonamides is 1. The smallest absolute Gasteiger partial charge is 0.251 e. The molecule has 1 fully saturated rings. The maximum atomic E-state index is 12.6. The molecule has 1 N–H and O–H groups in total. The first-order valence-electron chi connectivity index (χ1n) is 7.98. The molecule has 2 rings (SSSR count). The Bertz CT molecular complexity index is 675. The normalized spacial score (nSPS) is 18.3. The van der Waals surface area contributed by atoms with Crippen LogP contribution in [-0.4, -0.2) is 76.7 Å². The molecule has 7 nitrogen and oxygen atoms in total. The largest absolute Gasteiger partial charge is 0.376 e. The highest BCUT2D eigenvalue weighted by Crippen LogP contribution is 2.16. The zero-order valence-electron chi connectivity index (χ0n) is 14.4. The van der Waals surface area contributed by atoms with Crippen LogP contribution in [0.4, 0.5) is 0 Å². The number of carbonyl (C=O) groups is 1. The van der Waals surface area contributed by atoms with E-state index in [4.69, 9.17) is 9.47 Å². The van der Waals surface area contributed by atoms with E-state index in [1.165, 1.54) is 16.4 Å².